The van der Waals surface area contributed by atoms with E-state index in [0.29, 0.717) is 13.2 Å². The molecule has 0 saturated carbocycles. The van der Waals surface area contributed by atoms with E-state index in [2.05, 4.69) is 6.07 Å². The fourth-order valence-corrected chi connectivity index (χ4v) is 3.74. The average Bonchev–Trinajstić information content (AvgIpc) is 2.74. The summed E-state index contributed by atoms with van der Waals surface area (Å²) in [5.74, 6) is 1.45. The number of esters is 1. The van der Waals surface area contributed by atoms with Crippen LogP contribution in [-0.4, -0.2) is 32.8 Å². The second-order valence-corrected chi connectivity index (χ2v) is 7.23. The maximum atomic E-state index is 12.1. The van der Waals surface area contributed by atoms with Crippen LogP contribution in [0.15, 0.2) is 48.5 Å². The molecule has 2 aromatic carbocycles. The van der Waals surface area contributed by atoms with Gasteiger partial charge in [0.2, 0.25) is 0 Å². The Hall–Kier alpha value is -2.53. The summed E-state index contributed by atoms with van der Waals surface area (Å²) in [6, 6.07) is 16.2. The van der Waals surface area contributed by atoms with Gasteiger partial charge in [-0.15, -0.1) is 0 Å². The molecule has 3 rings (SSSR count). The molecule has 1 aliphatic rings. The van der Waals surface area contributed by atoms with Gasteiger partial charge in [-0.05, 0) is 43.5 Å². The summed E-state index contributed by atoms with van der Waals surface area (Å²) in [5, 5.41) is 0. The van der Waals surface area contributed by atoms with E-state index in [1.54, 1.807) is 7.11 Å². The predicted octanol–water partition coefficient (Wildman–Crippen LogP) is 2.63. The lowest BCUT2D eigenvalue weighted by atomic mass is 9.97. The smallest absolute Gasteiger partial charge is 0.314 e. The van der Waals surface area contributed by atoms with Gasteiger partial charge in [-0.1, -0.05) is 30.3 Å². The molecular formula is C23H30NO4+. The number of methoxy groups -OCH3 is 1. The molecule has 1 fully saturated rings. The van der Waals surface area contributed by atoms with Crippen LogP contribution in [0.1, 0.15) is 30.9 Å². The van der Waals surface area contributed by atoms with Gasteiger partial charge in [0, 0.05) is 5.56 Å². The van der Waals surface area contributed by atoms with Crippen LogP contribution in [0, 0.1) is 5.92 Å². The van der Waals surface area contributed by atoms with Gasteiger partial charge in [0.25, 0.3) is 0 Å². The number of nitrogens with one attached hydrogen (secondary N) is 1. The summed E-state index contributed by atoms with van der Waals surface area (Å²) in [5.41, 5.74) is 2.31. The van der Waals surface area contributed by atoms with E-state index in [0.717, 1.165) is 49.5 Å². The second-order valence-electron chi connectivity index (χ2n) is 7.23. The largest absolute Gasteiger partial charge is 0.493 e. The van der Waals surface area contributed by atoms with E-state index in [4.69, 9.17) is 14.2 Å². The molecule has 0 bridgehead atoms. The van der Waals surface area contributed by atoms with Crippen LogP contribution in [0.3, 0.4) is 0 Å². The van der Waals surface area contributed by atoms with E-state index in [1.165, 1.54) is 10.5 Å². The van der Waals surface area contributed by atoms with Crippen LogP contribution in [0.5, 0.6) is 11.5 Å². The van der Waals surface area contributed by atoms with Crippen molar-refractivity contribution in [3.05, 3.63) is 59.7 Å². The summed E-state index contributed by atoms with van der Waals surface area (Å²) in [6.45, 7) is 5.59. The molecule has 5 heteroatoms. The van der Waals surface area contributed by atoms with Crippen molar-refractivity contribution in [2.45, 2.75) is 32.9 Å². The first-order valence-electron chi connectivity index (χ1n) is 10.0. The maximum Gasteiger partial charge on any atom is 0.314 e. The molecule has 0 aliphatic carbocycles. The van der Waals surface area contributed by atoms with Crippen molar-refractivity contribution >= 4 is 5.97 Å². The predicted molar refractivity (Wildman–Crippen MR) is 108 cm³/mol. The van der Waals surface area contributed by atoms with Gasteiger partial charge in [0.15, 0.2) is 11.5 Å². The van der Waals surface area contributed by atoms with Crippen molar-refractivity contribution in [2.75, 3.05) is 26.8 Å². The molecule has 1 aliphatic heterocycles. The van der Waals surface area contributed by atoms with Gasteiger partial charge in [-0.25, -0.2) is 0 Å². The molecule has 2 atom stereocenters. The molecule has 1 N–H and O–H groups in total. The van der Waals surface area contributed by atoms with Crippen LogP contribution < -0.4 is 14.4 Å². The van der Waals surface area contributed by atoms with Gasteiger partial charge >= 0.3 is 5.97 Å². The van der Waals surface area contributed by atoms with Gasteiger partial charge in [-0.2, -0.15) is 0 Å². The van der Waals surface area contributed by atoms with Gasteiger partial charge in [0.1, 0.15) is 19.1 Å². The Kier molecular flexibility index (Phi) is 7.31. The third kappa shape index (κ3) is 5.49. The second kappa shape index (κ2) is 10.1. The molecular weight excluding hydrogens is 354 g/mol. The maximum absolute atomic E-state index is 12.1. The quantitative estimate of drug-likeness (QED) is 0.711. The molecule has 150 valence electrons. The third-order valence-electron chi connectivity index (χ3n) is 5.16. The van der Waals surface area contributed by atoms with Crippen LogP contribution in [0.2, 0.25) is 0 Å². The fraction of sp³-hybridized carbons (Fsp3) is 0.435. The first kappa shape index (κ1) is 20.2. The van der Waals surface area contributed by atoms with E-state index in [1.807, 2.05) is 49.4 Å². The zero-order valence-electron chi connectivity index (χ0n) is 16.8. The zero-order valence-corrected chi connectivity index (χ0v) is 16.8. The minimum atomic E-state index is -0.0538. The number of quaternary nitrogens is 1. The number of hydrogen-bond donors (Lipinski definition) is 1. The summed E-state index contributed by atoms with van der Waals surface area (Å²) < 4.78 is 16.7. The molecule has 0 radical (unpaired) electrons. The lowest BCUT2D eigenvalue weighted by molar-refractivity contribution is -0.921. The Labute approximate surface area is 167 Å². The number of hydrogen-bond acceptors (Lipinski definition) is 4. The highest BCUT2D eigenvalue weighted by molar-refractivity contribution is 5.72. The minimum Gasteiger partial charge on any atom is -0.493 e. The third-order valence-corrected chi connectivity index (χ3v) is 5.16. The van der Waals surface area contributed by atoms with E-state index in [9.17, 15) is 4.79 Å². The van der Waals surface area contributed by atoms with E-state index in [-0.39, 0.29) is 11.9 Å². The van der Waals surface area contributed by atoms with Gasteiger partial charge < -0.3 is 19.1 Å². The summed E-state index contributed by atoms with van der Waals surface area (Å²) in [6.07, 6.45) is 1.98. The Bertz CT molecular complexity index is 762. The number of rotatable bonds is 8. The molecule has 1 unspecified atom stereocenters. The molecule has 5 nitrogen and oxygen atoms in total. The number of likely N-dealkylation sites (tertiary alicyclic amines) is 1. The fourth-order valence-electron chi connectivity index (χ4n) is 3.74. The van der Waals surface area contributed by atoms with Crippen molar-refractivity contribution in [3.8, 4) is 11.5 Å². The highest BCUT2D eigenvalue weighted by Gasteiger charge is 2.29. The molecule has 2 aromatic rings. The normalized spacial score (nSPS) is 19.1. The Morgan fingerprint density at radius 1 is 1.11 bits per heavy atom. The highest BCUT2D eigenvalue weighted by atomic mass is 16.5. The molecule has 0 amide bonds. The number of piperidine rings is 1. The number of carbonyl (C=O) groups is 1. The van der Waals surface area contributed by atoms with E-state index >= 15 is 0 Å². The molecule has 1 heterocycles. The van der Waals surface area contributed by atoms with Crippen LogP contribution >= 0.6 is 0 Å². The SMILES string of the molecule is CCOC(=O)[C@H]1CCC[NH+](Cc2ccc(OCc3ccccc3)c(OC)c2)C1. The number of ether oxygens (including phenoxy) is 3. The molecule has 28 heavy (non-hydrogen) atoms. The van der Waals surface area contributed by atoms with Crippen molar-refractivity contribution < 1.29 is 23.9 Å². The topological polar surface area (TPSA) is 49.2 Å². The summed E-state index contributed by atoms with van der Waals surface area (Å²) in [4.78, 5) is 13.5. The molecule has 1 saturated heterocycles. The molecule has 0 spiro atoms. The van der Waals surface area contributed by atoms with Crippen LogP contribution in [0.25, 0.3) is 0 Å². The number of carbonyl (C=O) groups excluding carboxylic acids is 1. The minimum absolute atomic E-state index is 0.0130. The van der Waals surface area contributed by atoms with Crippen molar-refractivity contribution in [2.24, 2.45) is 5.92 Å². The standard InChI is InChI=1S/C23H29NO4/c1-3-27-23(25)20-10-7-13-24(16-20)15-19-11-12-21(22(14-19)26-2)28-17-18-8-5-4-6-9-18/h4-6,8-9,11-12,14,20H,3,7,10,13,15-17H2,1-2H3/p+1/t20-/m0/s1. The Morgan fingerprint density at radius 3 is 2.68 bits per heavy atom. The van der Waals surface area contributed by atoms with Gasteiger partial charge in [0.05, 0.1) is 26.8 Å². The zero-order chi connectivity index (χ0) is 19.8. The number of benzene rings is 2. The lowest BCUT2D eigenvalue weighted by Gasteiger charge is -2.28. The summed E-state index contributed by atoms with van der Waals surface area (Å²) in [7, 11) is 1.67. The first-order valence-corrected chi connectivity index (χ1v) is 10.0. The Balaban J connectivity index is 1.60. The molecule has 0 aromatic heterocycles. The highest BCUT2D eigenvalue weighted by Crippen LogP contribution is 2.28. The van der Waals surface area contributed by atoms with Crippen LogP contribution in [0.4, 0.5) is 0 Å². The van der Waals surface area contributed by atoms with E-state index < -0.39 is 0 Å². The first-order chi connectivity index (χ1) is 13.7. The van der Waals surface area contributed by atoms with Gasteiger partial charge in [-0.3, -0.25) is 4.79 Å². The van der Waals surface area contributed by atoms with Crippen LogP contribution in [-0.2, 0) is 22.7 Å². The monoisotopic (exact) mass is 384 g/mol. The summed E-state index contributed by atoms with van der Waals surface area (Å²) >= 11 is 0. The lowest BCUT2D eigenvalue weighted by Crippen LogP contribution is -3.12. The van der Waals surface area contributed by atoms with Crippen molar-refractivity contribution in [3.63, 3.8) is 0 Å². The average molecular weight is 384 g/mol. The van der Waals surface area contributed by atoms with Crippen molar-refractivity contribution in [1.29, 1.82) is 0 Å². The van der Waals surface area contributed by atoms with Crippen molar-refractivity contribution in [1.82, 2.24) is 0 Å². The Morgan fingerprint density at radius 2 is 1.93 bits per heavy atom.